The monoisotopic (exact) mass is 563 g/mol. The Morgan fingerprint density at radius 2 is 1.75 bits per heavy atom. The van der Waals surface area contributed by atoms with Crippen molar-refractivity contribution in [1.29, 1.82) is 0 Å². The van der Waals surface area contributed by atoms with Gasteiger partial charge in [-0.05, 0) is 74.1 Å². The van der Waals surface area contributed by atoms with E-state index in [1.807, 2.05) is 54.9 Å². The molecule has 4 rings (SSSR count). The molecule has 9 heteroatoms. The number of benzene rings is 2. The van der Waals surface area contributed by atoms with Crippen molar-refractivity contribution in [1.82, 2.24) is 25.5 Å². The number of amides is 3. The van der Waals surface area contributed by atoms with E-state index in [9.17, 15) is 14.4 Å². The number of hydrogen-bond donors (Lipinski definition) is 3. The average Bonchev–Trinajstić information content (AvgIpc) is 3.48. The van der Waals surface area contributed by atoms with E-state index >= 15 is 0 Å². The Bertz CT molecular complexity index is 1290. The van der Waals surface area contributed by atoms with Crippen LogP contribution in [0.25, 0.3) is 5.69 Å². The van der Waals surface area contributed by atoms with Gasteiger partial charge in [0.2, 0.25) is 11.8 Å². The van der Waals surface area contributed by atoms with Gasteiger partial charge in [0, 0.05) is 40.6 Å². The number of hydrogen-bond acceptors (Lipinski definition) is 4. The molecule has 1 saturated carbocycles. The van der Waals surface area contributed by atoms with Crippen LogP contribution in [-0.2, 0) is 9.59 Å². The molecule has 1 aliphatic carbocycles. The van der Waals surface area contributed by atoms with Gasteiger partial charge in [-0.15, -0.1) is 0 Å². The summed E-state index contributed by atoms with van der Waals surface area (Å²) in [5.41, 5.74) is 2.43. The average molecular weight is 564 g/mol. The van der Waals surface area contributed by atoms with Gasteiger partial charge in [-0.25, -0.2) is 4.98 Å². The van der Waals surface area contributed by atoms with Gasteiger partial charge in [-0.2, -0.15) is 0 Å². The summed E-state index contributed by atoms with van der Waals surface area (Å²) < 4.78 is 1.84. The fraction of sp³-hybridized carbons (Fsp3) is 0.419. The van der Waals surface area contributed by atoms with Crippen LogP contribution in [0, 0.1) is 5.92 Å². The predicted octanol–water partition coefficient (Wildman–Crippen LogP) is 5.02. The maximum absolute atomic E-state index is 13.5. The van der Waals surface area contributed by atoms with Crippen molar-refractivity contribution in [3.8, 4) is 5.69 Å². The highest BCUT2D eigenvalue weighted by Gasteiger charge is 2.32. The topological polar surface area (TPSA) is 105 Å². The van der Waals surface area contributed by atoms with Crippen LogP contribution < -0.4 is 16.0 Å². The summed E-state index contributed by atoms with van der Waals surface area (Å²) in [6, 6.07) is 13.3. The standard InChI is InChI=1S/C31H38ClN5O3/c1-20(2)17-28(31(40)35-27-10-5-4-9-26(27)23-7-6-8-24(32)18-23)36-29(38)21(3)34-30(39)22-11-13-25(14-12-22)37-16-15-33-19-37/h6-8,11-16,18-21,26-28H,4-5,9-10,17H2,1-3H3,(H,34,39)(H,35,40)(H,36,38)/t21-,26-,27?,28-/m0/s1. The summed E-state index contributed by atoms with van der Waals surface area (Å²) in [5.74, 6) is -0.611. The van der Waals surface area contributed by atoms with Crippen molar-refractivity contribution >= 4 is 29.3 Å². The normalized spacial score (nSPS) is 18.5. The lowest BCUT2D eigenvalue weighted by atomic mass is 9.80. The molecule has 0 spiro atoms. The molecule has 3 amide bonds. The summed E-state index contributed by atoms with van der Waals surface area (Å²) >= 11 is 6.25. The fourth-order valence-corrected chi connectivity index (χ4v) is 5.46. The highest BCUT2D eigenvalue weighted by atomic mass is 35.5. The molecule has 1 heterocycles. The highest BCUT2D eigenvalue weighted by Crippen LogP contribution is 2.34. The minimum Gasteiger partial charge on any atom is -0.351 e. The van der Waals surface area contributed by atoms with Crippen molar-refractivity contribution in [3.05, 3.63) is 83.4 Å². The van der Waals surface area contributed by atoms with Crippen LogP contribution in [-0.4, -0.2) is 45.4 Å². The Labute approximate surface area is 240 Å². The Morgan fingerprint density at radius 1 is 1.00 bits per heavy atom. The number of aromatic nitrogens is 2. The molecule has 1 aromatic heterocycles. The van der Waals surface area contributed by atoms with Gasteiger partial charge in [0.1, 0.15) is 12.1 Å². The van der Waals surface area contributed by atoms with Crippen molar-refractivity contribution in [3.63, 3.8) is 0 Å². The van der Waals surface area contributed by atoms with Gasteiger partial charge >= 0.3 is 0 Å². The number of nitrogens with zero attached hydrogens (tertiary/aromatic N) is 2. The Balaban J connectivity index is 1.37. The summed E-state index contributed by atoms with van der Waals surface area (Å²) in [4.78, 5) is 43.4. The Morgan fingerprint density at radius 3 is 2.42 bits per heavy atom. The SMILES string of the molecule is CC(C)C[C@H](NC(=O)[C@H](C)NC(=O)c1ccc(-n2ccnc2)cc1)C(=O)NC1CCCC[C@H]1c1cccc(Cl)c1. The molecular weight excluding hydrogens is 526 g/mol. The molecule has 0 saturated heterocycles. The molecule has 0 aliphatic heterocycles. The summed E-state index contributed by atoms with van der Waals surface area (Å²) in [6.45, 7) is 5.65. The number of carbonyl (C=O) groups is 3. The molecule has 0 bridgehead atoms. The minimum atomic E-state index is -0.822. The highest BCUT2D eigenvalue weighted by molar-refractivity contribution is 6.30. The fourth-order valence-electron chi connectivity index (χ4n) is 5.27. The van der Waals surface area contributed by atoms with E-state index in [2.05, 4.69) is 27.0 Å². The number of nitrogens with one attached hydrogen (secondary N) is 3. The summed E-state index contributed by atoms with van der Waals surface area (Å²) in [7, 11) is 0. The summed E-state index contributed by atoms with van der Waals surface area (Å²) in [6.07, 6.45) is 9.64. The first kappa shape index (κ1) is 29.3. The zero-order valence-corrected chi connectivity index (χ0v) is 24.0. The number of carbonyl (C=O) groups excluding carboxylic acids is 3. The van der Waals surface area contributed by atoms with E-state index < -0.39 is 18.0 Å². The Hall–Kier alpha value is -3.65. The van der Waals surface area contributed by atoms with Crippen LogP contribution in [0.4, 0.5) is 0 Å². The quantitative estimate of drug-likeness (QED) is 0.322. The van der Waals surface area contributed by atoms with Crippen molar-refractivity contribution in [2.45, 2.75) is 76.9 Å². The third-order valence-electron chi connectivity index (χ3n) is 7.38. The lowest BCUT2D eigenvalue weighted by Crippen LogP contribution is -2.55. The third kappa shape index (κ3) is 7.72. The van der Waals surface area contributed by atoms with Crippen molar-refractivity contribution in [2.24, 2.45) is 5.92 Å². The largest absolute Gasteiger partial charge is 0.351 e. The van der Waals surface area contributed by atoms with Gasteiger partial charge in [0.15, 0.2) is 0 Å². The molecule has 3 aromatic rings. The smallest absolute Gasteiger partial charge is 0.251 e. The molecule has 40 heavy (non-hydrogen) atoms. The zero-order valence-electron chi connectivity index (χ0n) is 23.3. The van der Waals surface area contributed by atoms with Crippen LogP contribution in [0.1, 0.15) is 74.7 Å². The van der Waals surface area contributed by atoms with E-state index in [0.29, 0.717) is 17.0 Å². The lowest BCUT2D eigenvalue weighted by Gasteiger charge is -2.34. The van der Waals surface area contributed by atoms with Crippen LogP contribution in [0.15, 0.2) is 67.3 Å². The molecule has 3 N–H and O–H groups in total. The van der Waals surface area contributed by atoms with E-state index in [4.69, 9.17) is 11.6 Å². The molecule has 212 valence electrons. The molecule has 8 nitrogen and oxygen atoms in total. The van der Waals surface area contributed by atoms with E-state index in [1.54, 1.807) is 31.6 Å². The van der Waals surface area contributed by atoms with E-state index in [-0.39, 0.29) is 29.7 Å². The van der Waals surface area contributed by atoms with Crippen LogP contribution in [0.2, 0.25) is 5.02 Å². The molecule has 0 radical (unpaired) electrons. The van der Waals surface area contributed by atoms with E-state index in [1.165, 1.54) is 0 Å². The first-order chi connectivity index (χ1) is 19.2. The van der Waals surface area contributed by atoms with Crippen molar-refractivity contribution < 1.29 is 14.4 Å². The first-order valence-electron chi connectivity index (χ1n) is 14.0. The number of imidazole rings is 1. The molecule has 1 fully saturated rings. The van der Waals surface area contributed by atoms with Crippen LogP contribution in [0.3, 0.4) is 0 Å². The second-order valence-corrected chi connectivity index (χ2v) is 11.4. The summed E-state index contributed by atoms with van der Waals surface area (Å²) in [5, 5.41) is 9.55. The van der Waals surface area contributed by atoms with Gasteiger partial charge < -0.3 is 20.5 Å². The zero-order chi connectivity index (χ0) is 28.6. The van der Waals surface area contributed by atoms with Gasteiger partial charge in [0.25, 0.3) is 5.91 Å². The van der Waals surface area contributed by atoms with Crippen molar-refractivity contribution in [2.75, 3.05) is 0 Å². The first-order valence-corrected chi connectivity index (χ1v) is 14.3. The van der Waals surface area contributed by atoms with Gasteiger partial charge in [-0.3, -0.25) is 14.4 Å². The minimum absolute atomic E-state index is 0.0336. The number of rotatable bonds is 10. The van der Waals surface area contributed by atoms with E-state index in [0.717, 1.165) is 36.9 Å². The maximum Gasteiger partial charge on any atom is 0.251 e. The molecule has 2 aromatic carbocycles. The molecule has 1 unspecified atom stereocenters. The Kier molecular flexibility index (Phi) is 9.98. The van der Waals surface area contributed by atoms with Crippen LogP contribution >= 0.6 is 11.6 Å². The molecular formula is C31H38ClN5O3. The predicted molar refractivity (Wildman–Crippen MR) is 156 cm³/mol. The lowest BCUT2D eigenvalue weighted by molar-refractivity contribution is -0.130. The van der Waals surface area contributed by atoms with Gasteiger partial charge in [-0.1, -0.05) is 50.4 Å². The molecule has 4 atom stereocenters. The third-order valence-corrected chi connectivity index (χ3v) is 7.62. The second-order valence-electron chi connectivity index (χ2n) is 11.0. The molecule has 1 aliphatic rings. The van der Waals surface area contributed by atoms with Crippen LogP contribution in [0.5, 0.6) is 0 Å². The van der Waals surface area contributed by atoms with Gasteiger partial charge in [0.05, 0.1) is 6.33 Å². The number of halogens is 1. The maximum atomic E-state index is 13.5. The second kappa shape index (κ2) is 13.6.